The summed E-state index contributed by atoms with van der Waals surface area (Å²) in [6, 6.07) is 8.17. The van der Waals surface area contributed by atoms with E-state index in [0.29, 0.717) is 19.8 Å². The molecule has 1 rings (SSSR count). The zero-order valence-electron chi connectivity index (χ0n) is 11.9. The quantitative estimate of drug-likeness (QED) is 0.678. The van der Waals surface area contributed by atoms with Gasteiger partial charge in [-0.3, -0.25) is 0 Å². The molecular formula is C14H24O3Si. The van der Waals surface area contributed by atoms with Crippen molar-refractivity contribution in [2.45, 2.75) is 34.1 Å². The summed E-state index contributed by atoms with van der Waals surface area (Å²) in [5.41, 5.74) is 1.17. The summed E-state index contributed by atoms with van der Waals surface area (Å²) in [6.07, 6.45) is 0.959. The van der Waals surface area contributed by atoms with Crippen molar-refractivity contribution in [2.24, 2.45) is 0 Å². The third-order valence-electron chi connectivity index (χ3n) is 2.64. The molecule has 0 aliphatic rings. The van der Waals surface area contributed by atoms with Crippen molar-refractivity contribution >= 4 is 14.0 Å². The van der Waals surface area contributed by atoms with E-state index in [0.717, 1.165) is 11.6 Å². The number of benzene rings is 1. The Morgan fingerprint density at radius 3 is 2.06 bits per heavy atom. The van der Waals surface area contributed by atoms with Gasteiger partial charge in [0.25, 0.3) is 0 Å². The highest BCUT2D eigenvalue weighted by atomic mass is 28.4. The van der Waals surface area contributed by atoms with E-state index in [4.69, 9.17) is 13.3 Å². The molecule has 0 bridgehead atoms. The van der Waals surface area contributed by atoms with Crippen molar-refractivity contribution in [3.8, 4) is 0 Å². The van der Waals surface area contributed by atoms with Crippen LogP contribution in [0.25, 0.3) is 0 Å². The molecular weight excluding hydrogens is 244 g/mol. The highest BCUT2D eigenvalue weighted by Gasteiger charge is 2.44. The summed E-state index contributed by atoms with van der Waals surface area (Å²) in [6.45, 7) is 10.00. The van der Waals surface area contributed by atoms with Crippen LogP contribution in [0.1, 0.15) is 32.8 Å². The average molecular weight is 268 g/mol. The lowest BCUT2D eigenvalue weighted by Crippen LogP contribution is -2.57. The first-order valence-corrected chi connectivity index (χ1v) is 8.40. The molecule has 0 atom stereocenters. The molecule has 0 radical (unpaired) electrons. The summed E-state index contributed by atoms with van der Waals surface area (Å²) in [4.78, 5) is 0. The summed E-state index contributed by atoms with van der Waals surface area (Å²) >= 11 is 0. The Morgan fingerprint density at radius 2 is 1.56 bits per heavy atom. The molecule has 0 saturated heterocycles. The van der Waals surface area contributed by atoms with E-state index < -0.39 is 8.80 Å². The summed E-state index contributed by atoms with van der Waals surface area (Å²) in [5.74, 6) is 0. The first-order chi connectivity index (χ1) is 8.70. The van der Waals surface area contributed by atoms with Crippen LogP contribution in [0.2, 0.25) is 0 Å². The van der Waals surface area contributed by atoms with Crippen molar-refractivity contribution in [3.05, 3.63) is 29.8 Å². The summed E-state index contributed by atoms with van der Waals surface area (Å²) < 4.78 is 17.9. The molecule has 0 saturated carbocycles. The largest absolute Gasteiger partial charge is 0.537 e. The second-order valence-electron chi connectivity index (χ2n) is 4.09. The van der Waals surface area contributed by atoms with Gasteiger partial charge in [-0.15, -0.1) is 0 Å². The van der Waals surface area contributed by atoms with E-state index in [1.54, 1.807) is 0 Å². The first kappa shape index (κ1) is 15.4. The van der Waals surface area contributed by atoms with Crippen LogP contribution in [0, 0.1) is 6.92 Å². The highest BCUT2D eigenvalue weighted by molar-refractivity contribution is 6.75. The van der Waals surface area contributed by atoms with Gasteiger partial charge in [-0.25, -0.2) is 0 Å². The molecule has 0 fully saturated rings. The van der Waals surface area contributed by atoms with Gasteiger partial charge in [0.2, 0.25) is 0 Å². The van der Waals surface area contributed by atoms with Gasteiger partial charge < -0.3 is 13.3 Å². The number of hydrogen-bond donors (Lipinski definition) is 0. The molecule has 1 aromatic rings. The maximum absolute atomic E-state index is 6.02. The van der Waals surface area contributed by atoms with E-state index in [2.05, 4.69) is 26.0 Å². The fourth-order valence-corrected chi connectivity index (χ4v) is 4.71. The third-order valence-corrected chi connectivity index (χ3v) is 5.78. The Morgan fingerprint density at radius 1 is 0.944 bits per heavy atom. The van der Waals surface area contributed by atoms with Crippen LogP contribution < -0.4 is 5.19 Å². The zero-order chi connectivity index (χ0) is 13.4. The lowest BCUT2D eigenvalue weighted by atomic mass is 10.2. The second-order valence-corrected chi connectivity index (χ2v) is 6.60. The summed E-state index contributed by atoms with van der Waals surface area (Å²) in [7, 11) is -2.74. The number of hydrogen-bond acceptors (Lipinski definition) is 3. The van der Waals surface area contributed by atoms with Crippen LogP contribution in [0.15, 0.2) is 24.3 Å². The predicted molar refractivity (Wildman–Crippen MR) is 76.1 cm³/mol. The van der Waals surface area contributed by atoms with Gasteiger partial charge in [0.05, 0.1) is 0 Å². The normalized spacial score (nSPS) is 11.8. The van der Waals surface area contributed by atoms with Gasteiger partial charge >= 0.3 is 8.80 Å². The van der Waals surface area contributed by atoms with E-state index in [1.807, 2.05) is 26.0 Å². The van der Waals surface area contributed by atoms with Crippen molar-refractivity contribution < 1.29 is 13.3 Å². The first-order valence-electron chi connectivity index (χ1n) is 6.68. The SMILES string of the molecule is CCCO[Si](OCC)(OCC)c1ccccc1C. The van der Waals surface area contributed by atoms with Gasteiger partial charge in [0, 0.05) is 25.0 Å². The fourth-order valence-electron chi connectivity index (χ4n) is 1.89. The van der Waals surface area contributed by atoms with Crippen LogP contribution in [-0.2, 0) is 13.3 Å². The molecule has 0 aliphatic carbocycles. The minimum Gasteiger partial charge on any atom is -0.370 e. The van der Waals surface area contributed by atoms with Crippen LogP contribution in [0.3, 0.4) is 0 Å². The minimum atomic E-state index is -2.74. The highest BCUT2D eigenvalue weighted by Crippen LogP contribution is 2.13. The maximum Gasteiger partial charge on any atom is 0.537 e. The van der Waals surface area contributed by atoms with Gasteiger partial charge in [0.15, 0.2) is 0 Å². The fraction of sp³-hybridized carbons (Fsp3) is 0.571. The Balaban J connectivity index is 3.10. The van der Waals surface area contributed by atoms with Crippen LogP contribution in [0.4, 0.5) is 0 Å². The Hall–Kier alpha value is -0.683. The molecule has 0 amide bonds. The van der Waals surface area contributed by atoms with E-state index in [9.17, 15) is 0 Å². The molecule has 0 heterocycles. The molecule has 0 unspecified atom stereocenters. The molecule has 3 nitrogen and oxygen atoms in total. The van der Waals surface area contributed by atoms with Gasteiger partial charge in [-0.2, -0.15) is 0 Å². The predicted octanol–water partition coefficient (Wildman–Crippen LogP) is 2.64. The topological polar surface area (TPSA) is 27.7 Å². The standard InChI is InChI=1S/C14H24O3Si/c1-5-12-17-18(15-6-2,16-7-3)14-11-9-8-10-13(14)4/h8-11H,5-7,12H2,1-4H3. The molecule has 0 aliphatic heterocycles. The molecule has 0 spiro atoms. The van der Waals surface area contributed by atoms with E-state index >= 15 is 0 Å². The van der Waals surface area contributed by atoms with Gasteiger partial charge in [0.1, 0.15) is 0 Å². The molecule has 0 aromatic heterocycles. The number of rotatable bonds is 8. The molecule has 0 N–H and O–H groups in total. The number of aryl methyl sites for hydroxylation is 1. The van der Waals surface area contributed by atoms with E-state index in [1.165, 1.54) is 5.56 Å². The Labute approximate surface area is 111 Å². The summed E-state index contributed by atoms with van der Waals surface area (Å²) in [5, 5.41) is 1.09. The zero-order valence-corrected chi connectivity index (χ0v) is 12.9. The van der Waals surface area contributed by atoms with Crippen molar-refractivity contribution in [1.82, 2.24) is 0 Å². The smallest absolute Gasteiger partial charge is 0.370 e. The maximum atomic E-state index is 6.02. The monoisotopic (exact) mass is 268 g/mol. The molecule has 102 valence electrons. The van der Waals surface area contributed by atoms with Gasteiger partial charge in [-0.05, 0) is 32.8 Å². The Bertz CT molecular complexity index is 349. The lowest BCUT2D eigenvalue weighted by Gasteiger charge is -2.30. The van der Waals surface area contributed by atoms with Crippen LogP contribution >= 0.6 is 0 Å². The minimum absolute atomic E-state index is 0.601. The lowest BCUT2D eigenvalue weighted by molar-refractivity contribution is 0.0814. The van der Waals surface area contributed by atoms with Crippen molar-refractivity contribution in [3.63, 3.8) is 0 Å². The molecule has 4 heteroatoms. The second kappa shape index (κ2) is 7.69. The molecule has 1 aromatic carbocycles. The average Bonchev–Trinajstić information content (AvgIpc) is 2.37. The Kier molecular flexibility index (Phi) is 6.57. The van der Waals surface area contributed by atoms with Crippen LogP contribution in [0.5, 0.6) is 0 Å². The third kappa shape index (κ3) is 3.65. The van der Waals surface area contributed by atoms with Crippen molar-refractivity contribution in [1.29, 1.82) is 0 Å². The molecule has 18 heavy (non-hydrogen) atoms. The van der Waals surface area contributed by atoms with Crippen molar-refractivity contribution in [2.75, 3.05) is 19.8 Å². The van der Waals surface area contributed by atoms with E-state index in [-0.39, 0.29) is 0 Å². The van der Waals surface area contributed by atoms with Crippen LogP contribution in [-0.4, -0.2) is 28.6 Å². The van der Waals surface area contributed by atoms with Gasteiger partial charge in [-0.1, -0.05) is 31.2 Å².